The van der Waals surface area contributed by atoms with E-state index in [2.05, 4.69) is 20.8 Å². The van der Waals surface area contributed by atoms with Gasteiger partial charge in [0.1, 0.15) is 0 Å². The van der Waals surface area contributed by atoms with E-state index in [1.54, 1.807) is 4.68 Å². The van der Waals surface area contributed by atoms with E-state index in [1.165, 1.54) is 11.8 Å². The molecule has 3 rings (SSSR count). The summed E-state index contributed by atoms with van der Waals surface area (Å²) in [7, 11) is -3.00. The van der Waals surface area contributed by atoms with E-state index in [9.17, 15) is 13.2 Å². The standard InChI is InChI=1S/C13H15N5O3S2/c19-12(14-10-6-7-23(20,21)9-10)8-22-13-15-16-17-18(13)11-4-2-1-3-5-11/h1-5,10H,6-9H2,(H,14,19)/t10-/m1/s1. The van der Waals surface area contributed by atoms with Gasteiger partial charge in [-0.2, -0.15) is 4.68 Å². The van der Waals surface area contributed by atoms with Gasteiger partial charge < -0.3 is 5.32 Å². The smallest absolute Gasteiger partial charge is 0.230 e. The van der Waals surface area contributed by atoms with Gasteiger partial charge in [-0.15, -0.1) is 5.10 Å². The molecule has 0 spiro atoms. The van der Waals surface area contributed by atoms with Crippen LogP contribution in [-0.2, 0) is 14.6 Å². The van der Waals surface area contributed by atoms with Crippen LogP contribution in [0, 0.1) is 0 Å². The largest absolute Gasteiger partial charge is 0.352 e. The van der Waals surface area contributed by atoms with Crippen LogP contribution in [0.1, 0.15) is 6.42 Å². The summed E-state index contributed by atoms with van der Waals surface area (Å²) in [5.74, 6) is 0.0615. The van der Waals surface area contributed by atoms with Gasteiger partial charge in [0.25, 0.3) is 0 Å². The summed E-state index contributed by atoms with van der Waals surface area (Å²) in [5.41, 5.74) is 0.808. The molecule has 1 amide bonds. The highest BCUT2D eigenvalue weighted by molar-refractivity contribution is 7.99. The summed E-state index contributed by atoms with van der Waals surface area (Å²) in [6.07, 6.45) is 0.473. The summed E-state index contributed by atoms with van der Waals surface area (Å²) < 4.78 is 24.3. The molecule has 1 aromatic carbocycles. The first-order valence-electron chi connectivity index (χ1n) is 7.00. The van der Waals surface area contributed by atoms with Crippen LogP contribution in [0.3, 0.4) is 0 Å². The zero-order valence-electron chi connectivity index (χ0n) is 12.1. The molecule has 2 aromatic rings. The Bertz CT molecular complexity index is 791. The molecule has 1 fully saturated rings. The van der Waals surface area contributed by atoms with Gasteiger partial charge >= 0.3 is 0 Å². The Morgan fingerprint density at radius 2 is 2.13 bits per heavy atom. The molecule has 2 heterocycles. The van der Waals surface area contributed by atoms with E-state index < -0.39 is 9.84 Å². The van der Waals surface area contributed by atoms with Crippen LogP contribution < -0.4 is 5.32 Å². The number of sulfone groups is 1. The van der Waals surface area contributed by atoms with Crippen molar-refractivity contribution in [1.29, 1.82) is 0 Å². The lowest BCUT2D eigenvalue weighted by Gasteiger charge is -2.10. The lowest BCUT2D eigenvalue weighted by atomic mass is 10.3. The predicted octanol–water partition coefficient (Wildman–Crippen LogP) is 0.0577. The second-order valence-electron chi connectivity index (χ2n) is 5.16. The highest BCUT2D eigenvalue weighted by Crippen LogP contribution is 2.18. The average molecular weight is 353 g/mol. The number of carbonyl (C=O) groups excluding carboxylic acids is 1. The van der Waals surface area contributed by atoms with Crippen molar-refractivity contribution in [2.75, 3.05) is 17.3 Å². The molecule has 1 aliphatic rings. The number of thioether (sulfide) groups is 1. The molecule has 8 nitrogen and oxygen atoms in total. The number of nitrogens with one attached hydrogen (secondary N) is 1. The van der Waals surface area contributed by atoms with Gasteiger partial charge in [-0.05, 0) is 29.0 Å². The number of aromatic nitrogens is 4. The zero-order valence-corrected chi connectivity index (χ0v) is 13.8. The Morgan fingerprint density at radius 1 is 1.35 bits per heavy atom. The summed E-state index contributed by atoms with van der Waals surface area (Å²) in [4.78, 5) is 11.9. The molecule has 0 aliphatic carbocycles. The highest BCUT2D eigenvalue weighted by atomic mass is 32.2. The fraction of sp³-hybridized carbons (Fsp3) is 0.385. The van der Waals surface area contributed by atoms with Crippen LogP contribution in [-0.4, -0.2) is 57.8 Å². The van der Waals surface area contributed by atoms with Crippen molar-refractivity contribution in [1.82, 2.24) is 25.5 Å². The van der Waals surface area contributed by atoms with E-state index in [-0.39, 0.29) is 29.2 Å². The molecule has 1 aliphatic heterocycles. The summed E-state index contributed by atoms with van der Waals surface area (Å²) in [6.45, 7) is 0. The van der Waals surface area contributed by atoms with Crippen LogP contribution in [0.2, 0.25) is 0 Å². The maximum absolute atomic E-state index is 11.9. The first kappa shape index (κ1) is 15.9. The van der Waals surface area contributed by atoms with Gasteiger partial charge in [-0.3, -0.25) is 4.79 Å². The Labute approximate surface area is 137 Å². The van der Waals surface area contributed by atoms with Gasteiger partial charge in [0.05, 0.1) is 22.9 Å². The fourth-order valence-electron chi connectivity index (χ4n) is 2.31. The van der Waals surface area contributed by atoms with E-state index in [4.69, 9.17) is 0 Å². The third-order valence-corrected chi connectivity index (χ3v) is 6.06. The predicted molar refractivity (Wildman–Crippen MR) is 85.1 cm³/mol. The molecule has 1 aromatic heterocycles. The molecule has 1 saturated heterocycles. The number of nitrogens with zero attached hydrogens (tertiary/aromatic N) is 4. The number of para-hydroxylation sites is 1. The van der Waals surface area contributed by atoms with Gasteiger partial charge in [0.15, 0.2) is 9.84 Å². The third-order valence-electron chi connectivity index (χ3n) is 3.37. The van der Waals surface area contributed by atoms with Crippen molar-refractivity contribution in [2.45, 2.75) is 17.6 Å². The molecule has 1 N–H and O–H groups in total. The van der Waals surface area contributed by atoms with Gasteiger partial charge in [0.2, 0.25) is 11.1 Å². The van der Waals surface area contributed by atoms with Crippen LogP contribution in [0.15, 0.2) is 35.5 Å². The molecule has 0 saturated carbocycles. The van der Waals surface area contributed by atoms with Gasteiger partial charge in [-0.1, -0.05) is 30.0 Å². The zero-order chi connectivity index (χ0) is 16.3. The van der Waals surface area contributed by atoms with Crippen molar-refractivity contribution < 1.29 is 13.2 Å². The quantitative estimate of drug-likeness (QED) is 0.757. The number of amides is 1. The first-order chi connectivity index (χ1) is 11.0. The van der Waals surface area contributed by atoms with E-state index in [0.717, 1.165) is 5.69 Å². The molecule has 0 bridgehead atoms. The lowest BCUT2D eigenvalue weighted by Crippen LogP contribution is -2.36. The Balaban J connectivity index is 1.57. The monoisotopic (exact) mass is 353 g/mol. The molecule has 10 heteroatoms. The van der Waals surface area contributed by atoms with Crippen molar-refractivity contribution in [2.24, 2.45) is 0 Å². The van der Waals surface area contributed by atoms with Gasteiger partial charge in [-0.25, -0.2) is 8.42 Å². The molecule has 0 radical (unpaired) electrons. The molecule has 0 unspecified atom stereocenters. The Hall–Kier alpha value is -1.94. The van der Waals surface area contributed by atoms with E-state index in [0.29, 0.717) is 11.6 Å². The van der Waals surface area contributed by atoms with Crippen molar-refractivity contribution in [3.8, 4) is 5.69 Å². The number of carbonyl (C=O) groups is 1. The number of hydrogen-bond acceptors (Lipinski definition) is 7. The second-order valence-corrected chi connectivity index (χ2v) is 8.34. The first-order valence-corrected chi connectivity index (χ1v) is 9.80. The molecular weight excluding hydrogens is 338 g/mol. The third kappa shape index (κ3) is 4.08. The molecule has 122 valence electrons. The SMILES string of the molecule is O=C(CSc1nnnn1-c1ccccc1)N[C@@H]1CCS(=O)(=O)C1. The summed E-state index contributed by atoms with van der Waals surface area (Å²) in [5, 5.41) is 14.7. The van der Waals surface area contributed by atoms with E-state index >= 15 is 0 Å². The lowest BCUT2D eigenvalue weighted by molar-refractivity contribution is -0.119. The van der Waals surface area contributed by atoms with Crippen molar-refractivity contribution in [3.05, 3.63) is 30.3 Å². The minimum absolute atomic E-state index is 0.0190. The minimum Gasteiger partial charge on any atom is -0.352 e. The highest BCUT2D eigenvalue weighted by Gasteiger charge is 2.28. The minimum atomic E-state index is -3.00. The number of benzene rings is 1. The molecular formula is C13H15N5O3S2. The second kappa shape index (κ2) is 6.67. The normalized spacial score (nSPS) is 19.6. The topological polar surface area (TPSA) is 107 Å². The fourth-order valence-corrected chi connectivity index (χ4v) is 4.68. The maximum Gasteiger partial charge on any atom is 0.230 e. The number of tetrazole rings is 1. The van der Waals surface area contributed by atoms with Crippen LogP contribution in [0.4, 0.5) is 0 Å². The van der Waals surface area contributed by atoms with Crippen molar-refractivity contribution in [3.63, 3.8) is 0 Å². The Kier molecular flexibility index (Phi) is 4.62. The van der Waals surface area contributed by atoms with Crippen LogP contribution in [0.5, 0.6) is 0 Å². The number of rotatable bonds is 5. The Morgan fingerprint density at radius 3 is 2.83 bits per heavy atom. The summed E-state index contributed by atoms with van der Waals surface area (Å²) >= 11 is 1.21. The molecule has 1 atom stereocenters. The maximum atomic E-state index is 11.9. The number of hydrogen-bond donors (Lipinski definition) is 1. The summed E-state index contributed by atoms with van der Waals surface area (Å²) in [6, 6.07) is 9.08. The average Bonchev–Trinajstić information content (AvgIpc) is 3.12. The molecule has 23 heavy (non-hydrogen) atoms. The van der Waals surface area contributed by atoms with Crippen LogP contribution >= 0.6 is 11.8 Å². The van der Waals surface area contributed by atoms with Crippen LogP contribution in [0.25, 0.3) is 5.69 Å². The van der Waals surface area contributed by atoms with E-state index in [1.807, 2.05) is 30.3 Å². The van der Waals surface area contributed by atoms with Gasteiger partial charge in [0, 0.05) is 6.04 Å². The van der Waals surface area contributed by atoms with Crippen molar-refractivity contribution >= 4 is 27.5 Å².